The standard InChI is InChI=1S/C14H20N2O4/c1-20-14-9-10(7-8-12(14)16(18)19)15-11-5-3-2-4-6-13(11)17/h7-9,11,13,15,17H,2-6H2,1H3. The van der Waals surface area contributed by atoms with Crippen molar-refractivity contribution in [2.75, 3.05) is 12.4 Å². The maximum absolute atomic E-state index is 10.8. The third-order valence-corrected chi connectivity index (χ3v) is 3.71. The highest BCUT2D eigenvalue weighted by Crippen LogP contribution is 2.31. The number of anilines is 1. The fourth-order valence-electron chi connectivity index (χ4n) is 2.59. The number of rotatable bonds is 4. The van der Waals surface area contributed by atoms with Gasteiger partial charge in [0.15, 0.2) is 5.75 Å². The Balaban J connectivity index is 2.14. The second-order valence-electron chi connectivity index (χ2n) is 5.10. The fraction of sp³-hybridized carbons (Fsp3) is 0.571. The lowest BCUT2D eigenvalue weighted by Gasteiger charge is -2.23. The average Bonchev–Trinajstić information content (AvgIpc) is 2.64. The molecule has 0 radical (unpaired) electrons. The van der Waals surface area contributed by atoms with E-state index in [0.29, 0.717) is 0 Å². The molecular weight excluding hydrogens is 260 g/mol. The third kappa shape index (κ3) is 3.39. The zero-order valence-corrected chi connectivity index (χ0v) is 11.5. The van der Waals surface area contributed by atoms with Crippen LogP contribution in [0.5, 0.6) is 5.75 Å². The molecule has 1 aliphatic rings. The maximum atomic E-state index is 10.8. The molecule has 20 heavy (non-hydrogen) atoms. The van der Waals surface area contributed by atoms with Gasteiger partial charge < -0.3 is 15.2 Å². The summed E-state index contributed by atoms with van der Waals surface area (Å²) >= 11 is 0. The Morgan fingerprint density at radius 1 is 1.35 bits per heavy atom. The second-order valence-corrected chi connectivity index (χ2v) is 5.10. The zero-order chi connectivity index (χ0) is 14.5. The topological polar surface area (TPSA) is 84.6 Å². The number of hydrogen-bond acceptors (Lipinski definition) is 5. The van der Waals surface area contributed by atoms with Gasteiger partial charge in [-0.25, -0.2) is 0 Å². The summed E-state index contributed by atoms with van der Waals surface area (Å²) in [5.74, 6) is 0.225. The van der Waals surface area contributed by atoms with E-state index in [-0.39, 0.29) is 23.6 Å². The maximum Gasteiger partial charge on any atom is 0.311 e. The number of ether oxygens (including phenoxy) is 1. The Labute approximate surface area is 117 Å². The number of methoxy groups -OCH3 is 1. The molecular formula is C14H20N2O4. The summed E-state index contributed by atoms with van der Waals surface area (Å²) in [6.07, 6.45) is 4.58. The Hall–Kier alpha value is -1.82. The van der Waals surface area contributed by atoms with E-state index in [9.17, 15) is 15.2 Å². The Morgan fingerprint density at radius 3 is 2.80 bits per heavy atom. The Bertz CT molecular complexity index is 478. The number of nitrogens with zero attached hydrogens (tertiary/aromatic N) is 1. The lowest BCUT2D eigenvalue weighted by Crippen LogP contribution is -2.32. The highest BCUT2D eigenvalue weighted by atomic mass is 16.6. The number of aliphatic hydroxyl groups excluding tert-OH is 1. The van der Waals surface area contributed by atoms with Gasteiger partial charge in [-0.15, -0.1) is 0 Å². The zero-order valence-electron chi connectivity index (χ0n) is 11.5. The predicted molar refractivity (Wildman–Crippen MR) is 76.2 cm³/mol. The molecule has 0 heterocycles. The number of benzene rings is 1. The monoisotopic (exact) mass is 280 g/mol. The molecule has 0 amide bonds. The summed E-state index contributed by atoms with van der Waals surface area (Å²) in [4.78, 5) is 10.4. The Morgan fingerprint density at radius 2 is 2.10 bits per heavy atom. The highest BCUT2D eigenvalue weighted by Gasteiger charge is 2.22. The summed E-state index contributed by atoms with van der Waals surface area (Å²) in [7, 11) is 1.41. The molecule has 0 aliphatic heterocycles. The van der Waals surface area contributed by atoms with Crippen molar-refractivity contribution in [3.63, 3.8) is 0 Å². The quantitative estimate of drug-likeness (QED) is 0.503. The fourth-order valence-corrected chi connectivity index (χ4v) is 2.59. The average molecular weight is 280 g/mol. The van der Waals surface area contributed by atoms with E-state index in [1.807, 2.05) is 0 Å². The van der Waals surface area contributed by atoms with Crippen molar-refractivity contribution in [3.8, 4) is 5.75 Å². The van der Waals surface area contributed by atoms with Crippen molar-refractivity contribution in [1.29, 1.82) is 0 Å². The molecule has 2 rings (SSSR count). The summed E-state index contributed by atoms with van der Waals surface area (Å²) in [6, 6.07) is 4.67. The number of nitrogens with one attached hydrogen (secondary N) is 1. The molecule has 1 aromatic rings. The molecule has 1 aromatic carbocycles. The molecule has 2 N–H and O–H groups in total. The molecule has 2 atom stereocenters. The van der Waals surface area contributed by atoms with Crippen LogP contribution in [0.2, 0.25) is 0 Å². The van der Waals surface area contributed by atoms with Crippen LogP contribution in [0.4, 0.5) is 11.4 Å². The van der Waals surface area contributed by atoms with Gasteiger partial charge in [0.1, 0.15) is 0 Å². The summed E-state index contributed by atoms with van der Waals surface area (Å²) in [5, 5.41) is 24.2. The van der Waals surface area contributed by atoms with Gasteiger partial charge in [0, 0.05) is 17.8 Å². The molecule has 1 fully saturated rings. The van der Waals surface area contributed by atoms with Gasteiger partial charge in [-0.05, 0) is 18.9 Å². The third-order valence-electron chi connectivity index (χ3n) is 3.71. The largest absolute Gasteiger partial charge is 0.490 e. The highest BCUT2D eigenvalue weighted by molar-refractivity contribution is 5.58. The van der Waals surface area contributed by atoms with E-state index < -0.39 is 4.92 Å². The normalized spacial score (nSPS) is 22.9. The lowest BCUT2D eigenvalue weighted by molar-refractivity contribution is -0.385. The first kappa shape index (κ1) is 14.6. The minimum Gasteiger partial charge on any atom is -0.490 e. The molecule has 2 unspecified atom stereocenters. The van der Waals surface area contributed by atoms with Crippen LogP contribution < -0.4 is 10.1 Å². The van der Waals surface area contributed by atoms with Gasteiger partial charge >= 0.3 is 5.69 Å². The van der Waals surface area contributed by atoms with Crippen molar-refractivity contribution in [3.05, 3.63) is 28.3 Å². The van der Waals surface area contributed by atoms with E-state index >= 15 is 0 Å². The molecule has 0 spiro atoms. The van der Waals surface area contributed by atoms with Crippen LogP contribution in [0.25, 0.3) is 0 Å². The summed E-state index contributed by atoms with van der Waals surface area (Å²) in [6.45, 7) is 0. The molecule has 110 valence electrons. The number of aliphatic hydroxyl groups is 1. The van der Waals surface area contributed by atoms with Gasteiger partial charge in [0.2, 0.25) is 0 Å². The van der Waals surface area contributed by atoms with E-state index in [4.69, 9.17) is 4.74 Å². The van der Waals surface area contributed by atoms with Gasteiger partial charge in [-0.1, -0.05) is 19.3 Å². The summed E-state index contributed by atoms with van der Waals surface area (Å²) in [5.41, 5.74) is 0.679. The van der Waals surface area contributed by atoms with Crippen molar-refractivity contribution in [2.45, 2.75) is 44.2 Å². The van der Waals surface area contributed by atoms with Crippen molar-refractivity contribution < 1.29 is 14.8 Å². The van der Waals surface area contributed by atoms with Gasteiger partial charge in [0.25, 0.3) is 0 Å². The number of nitro benzene ring substituents is 1. The van der Waals surface area contributed by atoms with Crippen LogP contribution in [-0.2, 0) is 0 Å². The van der Waals surface area contributed by atoms with E-state index in [0.717, 1.165) is 37.8 Å². The molecule has 0 aromatic heterocycles. The minimum absolute atomic E-state index is 0.0105. The van der Waals surface area contributed by atoms with Crippen molar-refractivity contribution in [1.82, 2.24) is 0 Å². The first-order valence-electron chi connectivity index (χ1n) is 6.89. The number of nitro groups is 1. The molecule has 0 bridgehead atoms. The smallest absolute Gasteiger partial charge is 0.311 e. The van der Waals surface area contributed by atoms with E-state index in [1.54, 1.807) is 12.1 Å². The first-order valence-corrected chi connectivity index (χ1v) is 6.89. The van der Waals surface area contributed by atoms with Gasteiger partial charge in [-0.2, -0.15) is 0 Å². The van der Waals surface area contributed by atoms with Crippen LogP contribution in [0, 0.1) is 10.1 Å². The second kappa shape index (κ2) is 6.56. The molecule has 1 saturated carbocycles. The predicted octanol–water partition coefficient (Wildman–Crippen LogP) is 2.71. The van der Waals surface area contributed by atoms with E-state index in [1.165, 1.54) is 13.2 Å². The van der Waals surface area contributed by atoms with Crippen LogP contribution in [0.15, 0.2) is 18.2 Å². The van der Waals surface area contributed by atoms with Crippen LogP contribution in [0.3, 0.4) is 0 Å². The minimum atomic E-state index is -0.469. The first-order chi connectivity index (χ1) is 9.61. The number of hydrogen-bond donors (Lipinski definition) is 2. The molecule has 6 heteroatoms. The van der Waals surface area contributed by atoms with Gasteiger partial charge in [-0.3, -0.25) is 10.1 Å². The summed E-state index contributed by atoms with van der Waals surface area (Å²) < 4.78 is 5.04. The van der Waals surface area contributed by atoms with Crippen LogP contribution in [0.1, 0.15) is 32.1 Å². The SMILES string of the molecule is COc1cc(NC2CCCCCC2O)ccc1[N+](=O)[O-]. The molecule has 1 aliphatic carbocycles. The Kier molecular flexibility index (Phi) is 4.79. The van der Waals surface area contributed by atoms with Gasteiger partial charge in [0.05, 0.1) is 24.2 Å². The van der Waals surface area contributed by atoms with Crippen LogP contribution in [-0.4, -0.2) is 29.3 Å². The van der Waals surface area contributed by atoms with E-state index in [2.05, 4.69) is 5.32 Å². The van der Waals surface area contributed by atoms with Crippen molar-refractivity contribution in [2.24, 2.45) is 0 Å². The molecule has 0 saturated heterocycles. The van der Waals surface area contributed by atoms with Crippen LogP contribution >= 0.6 is 0 Å². The van der Waals surface area contributed by atoms with Crippen molar-refractivity contribution >= 4 is 11.4 Å². The lowest BCUT2D eigenvalue weighted by atomic mass is 10.1. The molecule has 6 nitrogen and oxygen atoms in total.